The molecule has 8 heteroatoms. The summed E-state index contributed by atoms with van der Waals surface area (Å²) >= 11 is 0. The zero-order valence-corrected chi connectivity index (χ0v) is 15.9. The van der Waals surface area contributed by atoms with Gasteiger partial charge in [-0.1, -0.05) is 17.3 Å². The third-order valence-corrected chi connectivity index (χ3v) is 4.70. The van der Waals surface area contributed by atoms with Crippen molar-refractivity contribution >= 4 is 23.4 Å². The van der Waals surface area contributed by atoms with Gasteiger partial charge in [0.25, 0.3) is 5.91 Å². The summed E-state index contributed by atoms with van der Waals surface area (Å²) in [5.74, 6) is 1.55. The van der Waals surface area contributed by atoms with E-state index in [1.54, 1.807) is 13.0 Å². The molecule has 0 bridgehead atoms. The number of anilines is 3. The lowest BCUT2D eigenvalue weighted by molar-refractivity contribution is 0.0746. The van der Waals surface area contributed by atoms with Crippen molar-refractivity contribution in [3.8, 4) is 0 Å². The summed E-state index contributed by atoms with van der Waals surface area (Å²) in [6.07, 6.45) is 3.08. The molecule has 8 nitrogen and oxygen atoms in total. The van der Waals surface area contributed by atoms with E-state index in [1.807, 2.05) is 4.90 Å². The number of carbonyl (C=O) groups excluding carboxylic acids is 1. The lowest BCUT2D eigenvalue weighted by atomic mass is 10.2. The van der Waals surface area contributed by atoms with Crippen LogP contribution in [0.15, 0.2) is 47.2 Å². The number of piperazine rings is 1. The molecule has 1 N–H and O–H groups in total. The van der Waals surface area contributed by atoms with Crippen molar-refractivity contribution < 1.29 is 9.32 Å². The summed E-state index contributed by atoms with van der Waals surface area (Å²) in [5, 5.41) is 6.77. The molecule has 0 radical (unpaired) electrons. The topological polar surface area (TPSA) is 87.4 Å². The minimum Gasteiger partial charge on any atom is -0.368 e. The molecule has 1 aliphatic rings. The first-order valence-corrected chi connectivity index (χ1v) is 9.22. The summed E-state index contributed by atoms with van der Waals surface area (Å²) in [5.41, 5.74) is 2.92. The van der Waals surface area contributed by atoms with E-state index in [-0.39, 0.29) is 5.91 Å². The highest BCUT2D eigenvalue weighted by molar-refractivity contribution is 5.93. The highest BCUT2D eigenvalue weighted by Crippen LogP contribution is 2.19. The molecule has 4 rings (SSSR count). The molecule has 1 saturated heterocycles. The van der Waals surface area contributed by atoms with Gasteiger partial charge in [-0.3, -0.25) is 4.79 Å². The molecule has 0 saturated carbocycles. The Morgan fingerprint density at radius 1 is 1.07 bits per heavy atom. The Morgan fingerprint density at radius 2 is 1.82 bits per heavy atom. The van der Waals surface area contributed by atoms with Crippen LogP contribution >= 0.6 is 0 Å². The van der Waals surface area contributed by atoms with Crippen LogP contribution in [0.5, 0.6) is 0 Å². The predicted molar refractivity (Wildman–Crippen MR) is 106 cm³/mol. The van der Waals surface area contributed by atoms with Crippen LogP contribution in [0.1, 0.15) is 21.7 Å². The van der Waals surface area contributed by atoms with Gasteiger partial charge in [0.05, 0.1) is 5.56 Å². The Labute approximate surface area is 163 Å². The van der Waals surface area contributed by atoms with Crippen molar-refractivity contribution in [3.05, 3.63) is 59.6 Å². The summed E-state index contributed by atoms with van der Waals surface area (Å²) in [6.45, 7) is 6.85. The summed E-state index contributed by atoms with van der Waals surface area (Å²) < 4.78 is 4.99. The van der Waals surface area contributed by atoms with Crippen LogP contribution in [-0.2, 0) is 0 Å². The lowest BCUT2D eigenvalue weighted by Crippen LogP contribution is -2.48. The smallest absolute Gasteiger partial charge is 0.257 e. The van der Waals surface area contributed by atoms with E-state index in [2.05, 4.69) is 56.5 Å². The molecular formula is C20H22N6O2. The molecule has 0 unspecified atom stereocenters. The molecule has 2 aromatic heterocycles. The molecule has 0 spiro atoms. The Hall–Kier alpha value is -3.42. The van der Waals surface area contributed by atoms with Crippen LogP contribution in [0, 0.1) is 13.8 Å². The van der Waals surface area contributed by atoms with Crippen LogP contribution in [0.3, 0.4) is 0 Å². The normalized spacial score (nSPS) is 14.2. The monoisotopic (exact) mass is 378 g/mol. The highest BCUT2D eigenvalue weighted by Gasteiger charge is 2.23. The van der Waals surface area contributed by atoms with Crippen molar-refractivity contribution in [1.82, 2.24) is 20.0 Å². The zero-order valence-electron chi connectivity index (χ0n) is 15.9. The number of carbonyl (C=O) groups is 1. The van der Waals surface area contributed by atoms with E-state index in [1.165, 1.54) is 23.6 Å². The van der Waals surface area contributed by atoms with Gasteiger partial charge in [0.1, 0.15) is 5.76 Å². The van der Waals surface area contributed by atoms with Crippen LogP contribution < -0.4 is 10.2 Å². The fourth-order valence-corrected chi connectivity index (χ4v) is 3.22. The van der Waals surface area contributed by atoms with Gasteiger partial charge >= 0.3 is 0 Å². The van der Waals surface area contributed by atoms with Crippen molar-refractivity contribution in [3.63, 3.8) is 0 Å². The Bertz CT molecular complexity index is 961. The average Bonchev–Trinajstić information content (AvgIpc) is 3.13. The summed E-state index contributed by atoms with van der Waals surface area (Å²) in [6, 6.07) is 10.2. The fraction of sp³-hybridized carbons (Fsp3) is 0.300. The SMILES string of the molecule is Cc1cccc(N2CCN(C(=O)c3cnc(Nc4cc(C)on4)nc3)CC2)c1. The first-order valence-electron chi connectivity index (χ1n) is 9.22. The quantitative estimate of drug-likeness (QED) is 0.747. The standard InChI is InChI=1S/C20H22N6O2/c1-14-4-3-5-17(10-14)25-6-8-26(9-7-25)19(27)16-12-21-20(22-13-16)23-18-11-15(2)28-24-18/h3-5,10-13H,6-9H2,1-2H3,(H,21,22,23,24). The number of nitrogens with one attached hydrogen (secondary N) is 1. The third-order valence-electron chi connectivity index (χ3n) is 4.70. The molecule has 0 aliphatic carbocycles. The Morgan fingerprint density at radius 3 is 2.46 bits per heavy atom. The molecule has 3 aromatic rings. The van der Waals surface area contributed by atoms with Crippen molar-refractivity contribution in [2.45, 2.75) is 13.8 Å². The number of rotatable bonds is 4. The van der Waals surface area contributed by atoms with Crippen LogP contribution in [0.25, 0.3) is 0 Å². The van der Waals surface area contributed by atoms with Crippen LogP contribution in [-0.4, -0.2) is 52.1 Å². The second kappa shape index (κ2) is 7.67. The first kappa shape index (κ1) is 18.0. The highest BCUT2D eigenvalue weighted by atomic mass is 16.5. The molecule has 28 heavy (non-hydrogen) atoms. The number of aryl methyl sites for hydroxylation is 2. The number of hydrogen-bond donors (Lipinski definition) is 1. The Balaban J connectivity index is 1.36. The zero-order chi connectivity index (χ0) is 19.5. The van der Waals surface area contributed by atoms with Gasteiger partial charge in [-0.25, -0.2) is 9.97 Å². The molecule has 1 aliphatic heterocycles. The number of amides is 1. The van der Waals surface area contributed by atoms with E-state index in [4.69, 9.17) is 4.52 Å². The molecule has 3 heterocycles. The van der Waals surface area contributed by atoms with Gasteiger partial charge < -0.3 is 19.6 Å². The predicted octanol–water partition coefficient (Wildman–Crippen LogP) is 2.79. The minimum absolute atomic E-state index is 0.0484. The van der Waals surface area contributed by atoms with Gasteiger partial charge in [-0.15, -0.1) is 0 Å². The second-order valence-electron chi connectivity index (χ2n) is 6.86. The van der Waals surface area contributed by atoms with E-state index in [0.717, 1.165) is 13.1 Å². The van der Waals surface area contributed by atoms with Crippen LogP contribution in [0.4, 0.5) is 17.5 Å². The van der Waals surface area contributed by atoms with Crippen molar-refractivity contribution in [2.24, 2.45) is 0 Å². The van der Waals surface area contributed by atoms with E-state index >= 15 is 0 Å². The third kappa shape index (κ3) is 3.95. The number of benzene rings is 1. The van der Waals surface area contributed by atoms with Gasteiger partial charge in [-0.05, 0) is 31.5 Å². The molecule has 1 amide bonds. The summed E-state index contributed by atoms with van der Waals surface area (Å²) in [4.78, 5) is 25.3. The van der Waals surface area contributed by atoms with Gasteiger partial charge in [0.2, 0.25) is 5.95 Å². The molecule has 0 atom stereocenters. The number of nitrogens with zero attached hydrogens (tertiary/aromatic N) is 5. The molecular weight excluding hydrogens is 356 g/mol. The molecule has 1 aromatic carbocycles. The minimum atomic E-state index is -0.0484. The first-order chi connectivity index (χ1) is 13.6. The Kier molecular flexibility index (Phi) is 4.92. The molecule has 144 valence electrons. The number of aromatic nitrogens is 3. The van der Waals surface area contributed by atoms with Crippen molar-refractivity contribution in [2.75, 3.05) is 36.4 Å². The van der Waals surface area contributed by atoms with E-state index in [9.17, 15) is 4.79 Å². The van der Waals surface area contributed by atoms with Gasteiger partial charge in [0, 0.05) is 50.3 Å². The van der Waals surface area contributed by atoms with Gasteiger partial charge in [0.15, 0.2) is 5.82 Å². The fourth-order valence-electron chi connectivity index (χ4n) is 3.22. The second-order valence-corrected chi connectivity index (χ2v) is 6.86. The lowest BCUT2D eigenvalue weighted by Gasteiger charge is -2.36. The average molecular weight is 378 g/mol. The maximum absolute atomic E-state index is 12.7. The maximum atomic E-state index is 12.7. The van der Waals surface area contributed by atoms with Crippen LogP contribution in [0.2, 0.25) is 0 Å². The maximum Gasteiger partial charge on any atom is 0.257 e. The summed E-state index contributed by atoms with van der Waals surface area (Å²) in [7, 11) is 0. The van der Waals surface area contributed by atoms with Crippen molar-refractivity contribution in [1.29, 1.82) is 0 Å². The molecule has 1 fully saturated rings. The van der Waals surface area contributed by atoms with Gasteiger partial charge in [-0.2, -0.15) is 0 Å². The largest absolute Gasteiger partial charge is 0.368 e. The van der Waals surface area contributed by atoms with E-state index < -0.39 is 0 Å². The number of hydrogen-bond acceptors (Lipinski definition) is 7. The van der Waals surface area contributed by atoms with E-state index in [0.29, 0.717) is 36.2 Å².